The Hall–Kier alpha value is -1.84. The van der Waals surface area contributed by atoms with Gasteiger partial charge in [-0.3, -0.25) is 10.1 Å². The zero-order valence-electron chi connectivity index (χ0n) is 12.3. The van der Waals surface area contributed by atoms with Gasteiger partial charge in [-0.15, -0.1) is 11.3 Å². The summed E-state index contributed by atoms with van der Waals surface area (Å²) in [5, 5.41) is 13.4. The van der Waals surface area contributed by atoms with Crippen LogP contribution in [0.4, 0.5) is 23.1 Å². The lowest BCUT2D eigenvalue weighted by Crippen LogP contribution is -2.35. The molecule has 0 bridgehead atoms. The molecule has 0 spiro atoms. The predicted molar refractivity (Wildman–Crippen MR) is 77.4 cm³/mol. The highest BCUT2D eigenvalue weighted by Crippen LogP contribution is 2.37. The van der Waals surface area contributed by atoms with Gasteiger partial charge in [-0.1, -0.05) is 13.3 Å². The maximum atomic E-state index is 12.9. The van der Waals surface area contributed by atoms with Crippen LogP contribution in [0.2, 0.25) is 0 Å². The normalized spacial score (nSPS) is 21.5. The van der Waals surface area contributed by atoms with Crippen molar-refractivity contribution in [1.29, 1.82) is 0 Å². The van der Waals surface area contributed by atoms with Crippen molar-refractivity contribution in [2.24, 2.45) is 11.8 Å². The van der Waals surface area contributed by atoms with Gasteiger partial charge in [-0.25, -0.2) is 9.78 Å². The lowest BCUT2D eigenvalue weighted by Gasteiger charge is -2.18. The van der Waals surface area contributed by atoms with Crippen LogP contribution in [0, 0.1) is 11.8 Å². The van der Waals surface area contributed by atoms with Crippen LogP contribution in [-0.4, -0.2) is 46.3 Å². The van der Waals surface area contributed by atoms with Gasteiger partial charge in [0.2, 0.25) is 0 Å². The molecule has 6 nitrogen and oxygen atoms in total. The van der Waals surface area contributed by atoms with Crippen molar-refractivity contribution in [3.8, 4) is 0 Å². The molecular weight excluding hydrogens is 335 g/mol. The van der Waals surface area contributed by atoms with Crippen molar-refractivity contribution in [3.63, 3.8) is 0 Å². The Balaban J connectivity index is 2.03. The molecule has 10 heteroatoms. The Labute approximate surface area is 134 Å². The van der Waals surface area contributed by atoms with Gasteiger partial charge in [0.1, 0.15) is 0 Å². The third kappa shape index (κ3) is 4.12. The molecule has 23 heavy (non-hydrogen) atoms. The van der Waals surface area contributed by atoms with Gasteiger partial charge in [-0.2, -0.15) is 13.2 Å². The number of thiazole rings is 1. The van der Waals surface area contributed by atoms with Crippen molar-refractivity contribution >= 4 is 28.5 Å². The predicted octanol–water partition coefficient (Wildman–Crippen LogP) is 2.82. The number of aryl methyl sites for hydroxylation is 1. The molecule has 2 rings (SSSR count). The van der Waals surface area contributed by atoms with E-state index in [2.05, 4.69) is 10.3 Å². The monoisotopic (exact) mass is 351 g/mol. The Kier molecular flexibility index (Phi) is 5.12. The van der Waals surface area contributed by atoms with Crippen LogP contribution < -0.4 is 5.32 Å². The van der Waals surface area contributed by atoms with Gasteiger partial charge in [0.15, 0.2) is 5.13 Å². The van der Waals surface area contributed by atoms with Gasteiger partial charge < -0.3 is 10.0 Å². The van der Waals surface area contributed by atoms with E-state index in [0.29, 0.717) is 5.13 Å². The van der Waals surface area contributed by atoms with Crippen molar-refractivity contribution in [2.75, 3.05) is 18.4 Å². The number of hydrogen-bond acceptors (Lipinski definition) is 4. The SMILES string of the molecule is CCCc1csc(NC(=O)N2C[C@@H](C(F)(F)F)[C@H](C(=O)O)C2)n1. The second-order valence-electron chi connectivity index (χ2n) is 5.32. The number of alkyl halides is 3. The molecule has 2 heterocycles. The zero-order valence-corrected chi connectivity index (χ0v) is 13.1. The van der Waals surface area contributed by atoms with Gasteiger partial charge in [0, 0.05) is 18.5 Å². The third-order valence-electron chi connectivity index (χ3n) is 3.62. The topological polar surface area (TPSA) is 82.5 Å². The quantitative estimate of drug-likeness (QED) is 0.874. The van der Waals surface area contributed by atoms with Gasteiger partial charge >= 0.3 is 18.2 Å². The van der Waals surface area contributed by atoms with Crippen molar-refractivity contribution in [2.45, 2.75) is 25.9 Å². The molecule has 1 aliphatic rings. The number of nitrogens with zero attached hydrogens (tertiary/aromatic N) is 2. The van der Waals surface area contributed by atoms with E-state index >= 15 is 0 Å². The van der Waals surface area contributed by atoms with E-state index in [9.17, 15) is 22.8 Å². The average molecular weight is 351 g/mol. The highest BCUT2D eigenvalue weighted by molar-refractivity contribution is 7.13. The minimum Gasteiger partial charge on any atom is -0.481 e. The molecule has 2 N–H and O–H groups in total. The average Bonchev–Trinajstić information content (AvgIpc) is 3.05. The molecule has 0 aliphatic carbocycles. The number of hydrogen-bond donors (Lipinski definition) is 2. The third-order valence-corrected chi connectivity index (χ3v) is 4.42. The van der Waals surface area contributed by atoms with E-state index in [0.717, 1.165) is 23.4 Å². The summed E-state index contributed by atoms with van der Waals surface area (Å²) in [6, 6.07) is -0.764. The number of anilines is 1. The molecular formula is C13H16F3N3O3S. The van der Waals surface area contributed by atoms with E-state index in [4.69, 9.17) is 5.11 Å². The van der Waals surface area contributed by atoms with Crippen LogP contribution >= 0.6 is 11.3 Å². The lowest BCUT2D eigenvalue weighted by atomic mass is 9.96. The molecule has 1 aliphatic heterocycles. The minimum atomic E-state index is -4.66. The van der Waals surface area contributed by atoms with E-state index in [1.54, 1.807) is 5.38 Å². The van der Waals surface area contributed by atoms with Crippen molar-refractivity contribution in [1.82, 2.24) is 9.88 Å². The number of aromatic nitrogens is 1. The van der Waals surface area contributed by atoms with E-state index in [1.165, 1.54) is 11.3 Å². The molecule has 0 radical (unpaired) electrons. The Bertz CT molecular complexity index is 591. The van der Waals surface area contributed by atoms with E-state index in [-0.39, 0.29) is 0 Å². The number of halogens is 3. The summed E-state index contributed by atoms with van der Waals surface area (Å²) in [5.41, 5.74) is 0.797. The molecule has 1 aromatic heterocycles. The van der Waals surface area contributed by atoms with E-state index in [1.807, 2.05) is 6.92 Å². The first-order valence-electron chi connectivity index (χ1n) is 7.02. The molecule has 0 saturated carbocycles. The number of carboxylic acids is 1. The van der Waals surface area contributed by atoms with Crippen LogP contribution in [0.1, 0.15) is 19.0 Å². The van der Waals surface area contributed by atoms with Gasteiger partial charge in [0.25, 0.3) is 0 Å². The molecule has 0 aromatic carbocycles. The van der Waals surface area contributed by atoms with Crippen LogP contribution in [-0.2, 0) is 11.2 Å². The molecule has 128 valence electrons. The van der Waals surface area contributed by atoms with E-state index < -0.39 is 43.1 Å². The smallest absolute Gasteiger partial charge is 0.394 e. The molecule has 1 saturated heterocycles. The first-order valence-corrected chi connectivity index (χ1v) is 7.90. The number of carbonyl (C=O) groups excluding carboxylic acids is 1. The summed E-state index contributed by atoms with van der Waals surface area (Å²) in [6.07, 6.45) is -3.03. The number of carboxylic acid groups (broad SMARTS) is 1. The van der Waals surface area contributed by atoms with Gasteiger partial charge in [0.05, 0.1) is 17.5 Å². The summed E-state index contributed by atoms with van der Waals surface area (Å²) in [7, 11) is 0. The largest absolute Gasteiger partial charge is 0.481 e. The summed E-state index contributed by atoms with van der Waals surface area (Å²) in [6.45, 7) is 0.836. The lowest BCUT2D eigenvalue weighted by molar-refractivity contribution is -0.187. The molecule has 1 aromatic rings. The molecule has 0 unspecified atom stereocenters. The summed E-state index contributed by atoms with van der Waals surface area (Å²) in [4.78, 5) is 28.1. The molecule has 2 atom stereocenters. The minimum absolute atomic E-state index is 0.292. The Morgan fingerprint density at radius 2 is 2.17 bits per heavy atom. The summed E-state index contributed by atoms with van der Waals surface area (Å²) < 4.78 is 38.7. The first-order chi connectivity index (χ1) is 10.7. The number of nitrogens with one attached hydrogen (secondary N) is 1. The number of likely N-dealkylation sites (tertiary alicyclic amines) is 1. The molecule has 2 amide bonds. The van der Waals surface area contributed by atoms with Gasteiger partial charge in [-0.05, 0) is 6.42 Å². The van der Waals surface area contributed by atoms with Crippen molar-refractivity contribution < 1.29 is 27.9 Å². The fourth-order valence-corrected chi connectivity index (χ4v) is 3.19. The van der Waals surface area contributed by atoms with Crippen LogP contribution in [0.15, 0.2) is 5.38 Å². The fraction of sp³-hybridized carbons (Fsp3) is 0.615. The first kappa shape index (κ1) is 17.5. The second-order valence-corrected chi connectivity index (χ2v) is 6.18. The number of aliphatic carboxylic acids is 1. The Morgan fingerprint density at radius 3 is 2.70 bits per heavy atom. The number of urea groups is 1. The molecule has 1 fully saturated rings. The summed E-state index contributed by atoms with van der Waals surface area (Å²) in [5.74, 6) is -5.26. The zero-order chi connectivity index (χ0) is 17.2. The fourth-order valence-electron chi connectivity index (χ4n) is 2.46. The number of amides is 2. The summed E-state index contributed by atoms with van der Waals surface area (Å²) >= 11 is 1.18. The van der Waals surface area contributed by atoms with Crippen LogP contribution in [0.25, 0.3) is 0 Å². The Morgan fingerprint density at radius 1 is 1.48 bits per heavy atom. The van der Waals surface area contributed by atoms with Crippen molar-refractivity contribution in [3.05, 3.63) is 11.1 Å². The van der Waals surface area contributed by atoms with Crippen LogP contribution in [0.5, 0.6) is 0 Å². The highest BCUT2D eigenvalue weighted by atomic mass is 32.1. The van der Waals surface area contributed by atoms with Crippen LogP contribution in [0.3, 0.4) is 0 Å². The maximum Gasteiger partial charge on any atom is 0.394 e. The standard InChI is InChI=1S/C13H16F3N3O3S/c1-2-3-7-6-23-11(17-7)18-12(22)19-4-8(10(20)21)9(5-19)13(14,15)16/h6,8-9H,2-5H2,1H3,(H,20,21)(H,17,18,22)/t8-,9-/m1/s1. The number of rotatable bonds is 4. The maximum absolute atomic E-state index is 12.9. The number of carbonyl (C=O) groups is 2. The highest BCUT2D eigenvalue weighted by Gasteiger charge is 2.53. The second kappa shape index (κ2) is 6.73.